The van der Waals surface area contributed by atoms with E-state index in [0.29, 0.717) is 28.8 Å². The van der Waals surface area contributed by atoms with Crippen LogP contribution >= 0.6 is 11.6 Å². The summed E-state index contributed by atoms with van der Waals surface area (Å²) < 4.78 is 23.8. The predicted molar refractivity (Wildman–Crippen MR) is 99.6 cm³/mol. The zero-order valence-electron chi connectivity index (χ0n) is 14.1. The fourth-order valence-electron chi connectivity index (χ4n) is 2.26. The molecule has 3 aromatic rings. The van der Waals surface area contributed by atoms with Crippen molar-refractivity contribution in [3.8, 4) is 11.5 Å². The van der Waals surface area contributed by atoms with Crippen LogP contribution in [-0.2, 0) is 0 Å². The molecule has 6 nitrogen and oxygen atoms in total. The van der Waals surface area contributed by atoms with E-state index in [-0.39, 0.29) is 5.02 Å². The van der Waals surface area contributed by atoms with Crippen molar-refractivity contribution in [2.45, 2.75) is 0 Å². The predicted octanol–water partition coefficient (Wildman–Crippen LogP) is 4.77. The zero-order valence-corrected chi connectivity index (χ0v) is 14.8. The molecule has 3 rings (SSSR count). The molecule has 0 bridgehead atoms. The zero-order chi connectivity index (χ0) is 18.5. The number of anilines is 4. The van der Waals surface area contributed by atoms with Crippen LogP contribution in [0.25, 0.3) is 0 Å². The van der Waals surface area contributed by atoms with Crippen molar-refractivity contribution in [2.75, 3.05) is 24.9 Å². The molecule has 0 aliphatic heterocycles. The van der Waals surface area contributed by atoms with Crippen molar-refractivity contribution in [3.63, 3.8) is 0 Å². The second kappa shape index (κ2) is 7.88. The van der Waals surface area contributed by atoms with Gasteiger partial charge in [-0.2, -0.15) is 0 Å². The summed E-state index contributed by atoms with van der Waals surface area (Å²) in [6.07, 6.45) is 1.41. The van der Waals surface area contributed by atoms with E-state index in [1.54, 1.807) is 32.4 Å². The first-order valence-electron chi connectivity index (χ1n) is 7.62. The lowest BCUT2D eigenvalue weighted by atomic mass is 10.2. The number of aromatic nitrogens is 2. The molecule has 0 radical (unpaired) electrons. The Balaban J connectivity index is 1.80. The lowest BCUT2D eigenvalue weighted by Gasteiger charge is -2.13. The number of benzene rings is 2. The van der Waals surface area contributed by atoms with Gasteiger partial charge in [-0.05, 0) is 30.3 Å². The Morgan fingerprint density at radius 1 is 0.923 bits per heavy atom. The maximum atomic E-state index is 13.3. The van der Waals surface area contributed by atoms with E-state index >= 15 is 0 Å². The normalized spacial score (nSPS) is 10.3. The number of methoxy groups -OCH3 is 2. The summed E-state index contributed by atoms with van der Waals surface area (Å²) in [4.78, 5) is 8.34. The van der Waals surface area contributed by atoms with E-state index in [0.717, 1.165) is 5.69 Å². The average Bonchev–Trinajstić information content (AvgIpc) is 2.65. The van der Waals surface area contributed by atoms with Gasteiger partial charge < -0.3 is 20.1 Å². The van der Waals surface area contributed by atoms with Gasteiger partial charge >= 0.3 is 0 Å². The molecule has 0 aliphatic rings. The molecule has 134 valence electrons. The first kappa shape index (κ1) is 17.8. The maximum absolute atomic E-state index is 13.3. The molecule has 2 N–H and O–H groups in total. The van der Waals surface area contributed by atoms with Crippen molar-refractivity contribution in [1.82, 2.24) is 9.97 Å². The lowest BCUT2D eigenvalue weighted by molar-refractivity contribution is 0.395. The van der Waals surface area contributed by atoms with E-state index in [2.05, 4.69) is 20.6 Å². The largest absolute Gasteiger partial charge is 0.497 e. The van der Waals surface area contributed by atoms with Gasteiger partial charge in [0, 0.05) is 17.8 Å². The van der Waals surface area contributed by atoms with E-state index in [4.69, 9.17) is 21.1 Å². The van der Waals surface area contributed by atoms with Crippen LogP contribution in [0, 0.1) is 5.82 Å². The molecule has 26 heavy (non-hydrogen) atoms. The van der Waals surface area contributed by atoms with E-state index in [9.17, 15) is 4.39 Å². The summed E-state index contributed by atoms with van der Waals surface area (Å²) in [6.45, 7) is 0. The van der Waals surface area contributed by atoms with Gasteiger partial charge in [0.25, 0.3) is 0 Å². The minimum Gasteiger partial charge on any atom is -0.497 e. The molecular weight excluding hydrogens is 359 g/mol. The molecular formula is C18H16ClFN4O2. The maximum Gasteiger partial charge on any atom is 0.146 e. The average molecular weight is 375 g/mol. The van der Waals surface area contributed by atoms with E-state index < -0.39 is 5.82 Å². The molecule has 1 heterocycles. The molecule has 0 fully saturated rings. The van der Waals surface area contributed by atoms with E-state index in [1.807, 2.05) is 12.1 Å². The van der Waals surface area contributed by atoms with Crippen LogP contribution < -0.4 is 20.1 Å². The summed E-state index contributed by atoms with van der Waals surface area (Å²) in [5.41, 5.74) is 1.34. The minimum atomic E-state index is -0.478. The highest BCUT2D eigenvalue weighted by atomic mass is 35.5. The molecule has 2 aromatic carbocycles. The third-order valence-electron chi connectivity index (χ3n) is 3.53. The van der Waals surface area contributed by atoms with Gasteiger partial charge in [-0.15, -0.1) is 0 Å². The number of nitrogens with one attached hydrogen (secondary N) is 2. The molecule has 8 heteroatoms. The monoisotopic (exact) mass is 374 g/mol. The SMILES string of the molecule is COc1ccc(Nc2cc(Nc3ccc(F)c(Cl)c3)ncn2)c(OC)c1. The molecule has 0 aliphatic carbocycles. The molecule has 1 aromatic heterocycles. The first-order chi connectivity index (χ1) is 12.6. The second-order valence-electron chi connectivity index (χ2n) is 5.23. The number of nitrogens with zero attached hydrogens (tertiary/aromatic N) is 2. The van der Waals surface area contributed by atoms with Crippen LogP contribution in [0.15, 0.2) is 48.8 Å². The van der Waals surface area contributed by atoms with Gasteiger partial charge in [-0.3, -0.25) is 0 Å². The Hall–Kier alpha value is -3.06. The summed E-state index contributed by atoms with van der Waals surface area (Å²) in [7, 11) is 3.16. The molecule has 0 amide bonds. The van der Waals surface area contributed by atoms with Crippen LogP contribution in [0.1, 0.15) is 0 Å². The number of hydrogen-bond donors (Lipinski definition) is 2. The fourth-order valence-corrected chi connectivity index (χ4v) is 2.44. The van der Waals surface area contributed by atoms with E-state index in [1.165, 1.54) is 18.5 Å². The van der Waals surface area contributed by atoms with Gasteiger partial charge in [0.2, 0.25) is 0 Å². The minimum absolute atomic E-state index is 0.0328. The number of ether oxygens (including phenoxy) is 2. The van der Waals surface area contributed by atoms with Gasteiger partial charge in [-0.1, -0.05) is 11.6 Å². The van der Waals surface area contributed by atoms with Crippen molar-refractivity contribution in [1.29, 1.82) is 0 Å². The number of rotatable bonds is 6. The van der Waals surface area contributed by atoms with Crippen molar-refractivity contribution in [2.24, 2.45) is 0 Å². The second-order valence-corrected chi connectivity index (χ2v) is 5.64. The van der Waals surface area contributed by atoms with Gasteiger partial charge in [-0.25, -0.2) is 14.4 Å². The van der Waals surface area contributed by atoms with Crippen LogP contribution in [0.4, 0.5) is 27.4 Å². The quantitative estimate of drug-likeness (QED) is 0.647. The highest BCUT2D eigenvalue weighted by Gasteiger charge is 2.08. The standard InChI is InChI=1S/C18H16ClFN4O2/c1-25-12-4-6-15(16(8-12)26-2)24-18-9-17(21-10-22-18)23-11-3-5-14(20)13(19)7-11/h3-10H,1-2H3,(H2,21,22,23,24). The molecule has 0 saturated carbocycles. The molecule has 0 unspecified atom stereocenters. The Bertz CT molecular complexity index is 923. The van der Waals surface area contributed by atoms with Crippen LogP contribution in [-0.4, -0.2) is 24.2 Å². The van der Waals surface area contributed by atoms with Crippen molar-refractivity contribution >= 4 is 34.6 Å². The smallest absolute Gasteiger partial charge is 0.146 e. The Morgan fingerprint density at radius 2 is 1.69 bits per heavy atom. The Labute approximate surface area is 155 Å². The lowest BCUT2D eigenvalue weighted by Crippen LogP contribution is -2.00. The molecule has 0 atom stereocenters. The van der Waals surface area contributed by atoms with Crippen LogP contribution in [0.2, 0.25) is 5.02 Å². The Morgan fingerprint density at radius 3 is 2.38 bits per heavy atom. The van der Waals surface area contributed by atoms with Gasteiger partial charge in [0.15, 0.2) is 0 Å². The number of halogens is 2. The number of hydrogen-bond acceptors (Lipinski definition) is 6. The highest BCUT2D eigenvalue weighted by Crippen LogP contribution is 2.31. The van der Waals surface area contributed by atoms with Gasteiger partial charge in [0.1, 0.15) is 35.3 Å². The fraction of sp³-hybridized carbons (Fsp3) is 0.111. The van der Waals surface area contributed by atoms with Crippen molar-refractivity contribution in [3.05, 3.63) is 59.6 Å². The summed E-state index contributed by atoms with van der Waals surface area (Å²) in [6, 6.07) is 11.5. The topological polar surface area (TPSA) is 68.3 Å². The third kappa shape index (κ3) is 4.12. The first-order valence-corrected chi connectivity index (χ1v) is 8.00. The van der Waals surface area contributed by atoms with Crippen molar-refractivity contribution < 1.29 is 13.9 Å². The summed E-state index contributed by atoms with van der Waals surface area (Å²) in [5.74, 6) is 1.90. The third-order valence-corrected chi connectivity index (χ3v) is 3.82. The Kier molecular flexibility index (Phi) is 5.38. The molecule has 0 spiro atoms. The summed E-state index contributed by atoms with van der Waals surface area (Å²) >= 11 is 5.79. The summed E-state index contributed by atoms with van der Waals surface area (Å²) in [5, 5.41) is 6.25. The van der Waals surface area contributed by atoms with Gasteiger partial charge in [0.05, 0.1) is 24.9 Å². The van der Waals surface area contributed by atoms with Crippen LogP contribution in [0.3, 0.4) is 0 Å². The van der Waals surface area contributed by atoms with Crippen LogP contribution in [0.5, 0.6) is 11.5 Å². The highest BCUT2D eigenvalue weighted by molar-refractivity contribution is 6.31. The molecule has 0 saturated heterocycles.